The fourth-order valence-corrected chi connectivity index (χ4v) is 2.85. The molecule has 1 aromatic heterocycles. The van der Waals surface area contributed by atoms with Gasteiger partial charge in [-0.3, -0.25) is 0 Å². The Labute approximate surface area is 175 Å². The number of likely N-dealkylation sites (N-methyl/N-ethyl adjacent to an activating group) is 1. The van der Waals surface area contributed by atoms with Gasteiger partial charge in [-0.05, 0) is 29.8 Å². The summed E-state index contributed by atoms with van der Waals surface area (Å²) in [7, 11) is 3.44. The summed E-state index contributed by atoms with van der Waals surface area (Å²) in [6.07, 6.45) is -0.628. The summed E-state index contributed by atoms with van der Waals surface area (Å²) in [5, 5.41) is 9.29. The number of methoxy groups -OCH3 is 1. The molecule has 0 fully saturated rings. The van der Waals surface area contributed by atoms with Crippen molar-refractivity contribution in [1.29, 1.82) is 0 Å². The van der Waals surface area contributed by atoms with Crippen LogP contribution in [0.3, 0.4) is 0 Å². The predicted molar refractivity (Wildman–Crippen MR) is 112 cm³/mol. The van der Waals surface area contributed by atoms with Crippen molar-refractivity contribution in [2.24, 2.45) is 0 Å². The number of anilines is 1. The van der Waals surface area contributed by atoms with Crippen molar-refractivity contribution in [3.8, 4) is 5.75 Å². The van der Waals surface area contributed by atoms with Gasteiger partial charge in [-0.2, -0.15) is 4.98 Å². The second-order valence-electron chi connectivity index (χ2n) is 6.77. The van der Waals surface area contributed by atoms with Crippen LogP contribution < -0.4 is 9.64 Å². The zero-order chi connectivity index (χ0) is 21.3. The minimum absolute atomic E-state index is 0.238. The first-order chi connectivity index (χ1) is 14.6. The molecule has 160 valence electrons. The number of carboxylic acids is 1. The number of fused-ring (bicyclic) bond motifs is 1. The van der Waals surface area contributed by atoms with E-state index in [2.05, 4.69) is 4.98 Å². The molecule has 1 heterocycles. The molecule has 30 heavy (non-hydrogen) atoms. The van der Waals surface area contributed by atoms with Gasteiger partial charge in [0.1, 0.15) is 17.9 Å². The van der Waals surface area contributed by atoms with Crippen molar-refractivity contribution >= 4 is 23.1 Å². The summed E-state index contributed by atoms with van der Waals surface area (Å²) < 4.78 is 21.8. The Kier molecular flexibility index (Phi) is 7.64. The summed E-state index contributed by atoms with van der Waals surface area (Å²) in [6.45, 7) is 1.65. The third-order valence-electron chi connectivity index (χ3n) is 4.53. The Balaban J connectivity index is 1.47. The minimum Gasteiger partial charge on any atom is -0.492 e. The van der Waals surface area contributed by atoms with E-state index in [0.717, 1.165) is 16.7 Å². The van der Waals surface area contributed by atoms with E-state index in [0.29, 0.717) is 31.5 Å². The minimum atomic E-state index is -0.992. The van der Waals surface area contributed by atoms with E-state index in [1.807, 2.05) is 60.5 Å². The molecule has 0 aliphatic rings. The van der Waals surface area contributed by atoms with Gasteiger partial charge in [-0.25, -0.2) is 4.79 Å². The summed E-state index contributed by atoms with van der Waals surface area (Å²) in [5.74, 6) is -0.287. The van der Waals surface area contributed by atoms with E-state index in [4.69, 9.17) is 18.6 Å². The summed E-state index contributed by atoms with van der Waals surface area (Å²) in [6, 6.07) is 15.5. The van der Waals surface area contributed by atoms with Gasteiger partial charge in [0.15, 0.2) is 11.7 Å². The molecule has 0 amide bonds. The third kappa shape index (κ3) is 5.95. The first kappa shape index (κ1) is 21.6. The van der Waals surface area contributed by atoms with Crippen LogP contribution in [0.5, 0.6) is 5.75 Å². The Morgan fingerprint density at radius 1 is 1.13 bits per heavy atom. The van der Waals surface area contributed by atoms with Crippen molar-refractivity contribution in [3.05, 3.63) is 54.1 Å². The maximum Gasteiger partial charge on any atom is 0.333 e. The fraction of sp³-hybridized carbons (Fsp3) is 0.364. The Bertz CT molecular complexity index is 907. The molecule has 0 aliphatic heterocycles. The highest BCUT2D eigenvalue weighted by Gasteiger charge is 2.18. The number of ether oxygens (including phenoxy) is 3. The number of rotatable bonds is 12. The molecule has 1 N–H and O–H groups in total. The molecule has 0 saturated carbocycles. The first-order valence-electron chi connectivity index (χ1n) is 9.68. The van der Waals surface area contributed by atoms with Gasteiger partial charge in [0, 0.05) is 20.6 Å². The van der Waals surface area contributed by atoms with E-state index in [1.54, 1.807) is 7.11 Å². The van der Waals surface area contributed by atoms with Crippen LogP contribution in [0.15, 0.2) is 52.9 Å². The van der Waals surface area contributed by atoms with Crippen LogP contribution in [0.1, 0.15) is 5.56 Å². The fourth-order valence-electron chi connectivity index (χ4n) is 2.85. The number of para-hydroxylation sites is 2. The standard InChI is InChI=1S/C22H26N2O6/c1-24(22-23-18-5-3-4-6-19(18)30-22)11-12-28-17-9-7-16(8-10-17)15-20(21(25)26)29-14-13-27-2/h3-10,20H,11-15H2,1-2H3,(H,25,26)/t20-/m1/s1. The van der Waals surface area contributed by atoms with Crippen molar-refractivity contribution < 1.29 is 28.5 Å². The van der Waals surface area contributed by atoms with Gasteiger partial charge in [0.2, 0.25) is 0 Å². The van der Waals surface area contributed by atoms with Crippen LogP contribution >= 0.6 is 0 Å². The quantitative estimate of drug-likeness (QED) is 0.452. The number of oxazole rings is 1. The zero-order valence-electron chi connectivity index (χ0n) is 17.1. The van der Waals surface area contributed by atoms with Crippen LogP contribution in [0, 0.1) is 0 Å². The molecular formula is C22H26N2O6. The van der Waals surface area contributed by atoms with Gasteiger partial charge in [0.25, 0.3) is 6.01 Å². The second kappa shape index (κ2) is 10.6. The Hall–Kier alpha value is -3.10. The van der Waals surface area contributed by atoms with Gasteiger partial charge in [-0.15, -0.1) is 0 Å². The largest absolute Gasteiger partial charge is 0.492 e. The van der Waals surface area contributed by atoms with Crippen molar-refractivity contribution in [3.63, 3.8) is 0 Å². The van der Waals surface area contributed by atoms with E-state index in [9.17, 15) is 9.90 Å². The molecule has 0 bridgehead atoms. The topological polar surface area (TPSA) is 94.3 Å². The van der Waals surface area contributed by atoms with E-state index in [-0.39, 0.29) is 13.0 Å². The summed E-state index contributed by atoms with van der Waals surface area (Å²) in [4.78, 5) is 17.7. The van der Waals surface area contributed by atoms with Crippen LogP contribution in [-0.4, -0.2) is 62.7 Å². The number of benzene rings is 2. The van der Waals surface area contributed by atoms with Crippen LogP contribution in [0.25, 0.3) is 11.1 Å². The summed E-state index contributed by atoms with van der Waals surface area (Å²) >= 11 is 0. The smallest absolute Gasteiger partial charge is 0.333 e. The number of aromatic nitrogens is 1. The molecule has 1 atom stereocenters. The average molecular weight is 414 g/mol. The van der Waals surface area contributed by atoms with Crippen molar-refractivity contribution in [2.75, 3.05) is 45.4 Å². The molecule has 0 spiro atoms. The lowest BCUT2D eigenvalue weighted by Crippen LogP contribution is -2.27. The highest BCUT2D eigenvalue weighted by Crippen LogP contribution is 2.20. The van der Waals surface area contributed by atoms with E-state index < -0.39 is 12.1 Å². The molecule has 2 aromatic carbocycles. The molecule has 0 radical (unpaired) electrons. The van der Waals surface area contributed by atoms with Gasteiger partial charge >= 0.3 is 5.97 Å². The Morgan fingerprint density at radius 3 is 2.60 bits per heavy atom. The highest BCUT2D eigenvalue weighted by molar-refractivity contribution is 5.74. The zero-order valence-corrected chi connectivity index (χ0v) is 17.1. The van der Waals surface area contributed by atoms with E-state index >= 15 is 0 Å². The predicted octanol–water partition coefficient (Wildman–Crippen LogP) is 3.00. The molecule has 3 aromatic rings. The maximum atomic E-state index is 11.3. The van der Waals surface area contributed by atoms with Crippen molar-refractivity contribution in [2.45, 2.75) is 12.5 Å². The van der Waals surface area contributed by atoms with Gasteiger partial charge in [0.05, 0.1) is 19.8 Å². The molecule has 3 rings (SSSR count). The number of hydrogen-bond donors (Lipinski definition) is 1. The van der Waals surface area contributed by atoms with Crippen LogP contribution in [0.4, 0.5) is 6.01 Å². The first-order valence-corrected chi connectivity index (χ1v) is 9.68. The number of hydrogen-bond acceptors (Lipinski definition) is 7. The summed E-state index contributed by atoms with van der Waals surface area (Å²) in [5.41, 5.74) is 2.43. The Morgan fingerprint density at radius 2 is 1.90 bits per heavy atom. The number of aliphatic carboxylic acids is 1. The lowest BCUT2D eigenvalue weighted by molar-refractivity contribution is -0.151. The molecule has 0 aliphatic carbocycles. The molecule has 0 unspecified atom stereocenters. The normalized spacial score (nSPS) is 12.1. The maximum absolute atomic E-state index is 11.3. The number of carbonyl (C=O) groups is 1. The van der Waals surface area contributed by atoms with Crippen LogP contribution in [-0.2, 0) is 20.7 Å². The van der Waals surface area contributed by atoms with Gasteiger partial charge in [-0.1, -0.05) is 24.3 Å². The van der Waals surface area contributed by atoms with Gasteiger partial charge < -0.3 is 28.6 Å². The number of nitrogens with zero attached hydrogens (tertiary/aromatic N) is 2. The van der Waals surface area contributed by atoms with Crippen LogP contribution in [0.2, 0.25) is 0 Å². The third-order valence-corrected chi connectivity index (χ3v) is 4.53. The number of carboxylic acid groups (broad SMARTS) is 1. The van der Waals surface area contributed by atoms with E-state index in [1.165, 1.54) is 0 Å². The molecule has 8 heteroatoms. The highest BCUT2D eigenvalue weighted by atomic mass is 16.5. The molecule has 8 nitrogen and oxygen atoms in total. The molecule has 0 saturated heterocycles. The molecular weight excluding hydrogens is 388 g/mol. The lowest BCUT2D eigenvalue weighted by atomic mass is 10.1. The SMILES string of the molecule is COCCO[C@H](Cc1ccc(OCCN(C)c2nc3ccccc3o2)cc1)C(=O)O. The monoisotopic (exact) mass is 414 g/mol. The average Bonchev–Trinajstić information content (AvgIpc) is 3.18. The lowest BCUT2D eigenvalue weighted by Gasteiger charge is -2.15. The van der Waals surface area contributed by atoms with Crippen molar-refractivity contribution in [1.82, 2.24) is 4.98 Å². The second-order valence-corrected chi connectivity index (χ2v) is 6.77.